The van der Waals surface area contributed by atoms with Crippen LogP contribution in [0.4, 0.5) is 16.2 Å². The maximum Gasteiger partial charge on any atom is 0.319 e. The van der Waals surface area contributed by atoms with E-state index in [4.69, 9.17) is 0 Å². The monoisotopic (exact) mass is 379 g/mol. The van der Waals surface area contributed by atoms with Gasteiger partial charge in [0.05, 0.1) is 17.6 Å². The number of carbonyl (C=O) groups excluding carboxylic acids is 1. The molecular formula is C20H25N7O. The molecule has 1 fully saturated rings. The zero-order chi connectivity index (χ0) is 19.5. The van der Waals surface area contributed by atoms with E-state index in [1.807, 2.05) is 56.8 Å². The van der Waals surface area contributed by atoms with Crippen molar-refractivity contribution >= 4 is 17.4 Å². The SMILES string of the molecule is Cc1ccc(-n2cccn2)cc1NC(=O)NC1CCCN(c2cnn(C)c2)C1. The number of hydrogen-bond acceptors (Lipinski definition) is 4. The van der Waals surface area contributed by atoms with Crippen LogP contribution in [0.1, 0.15) is 18.4 Å². The van der Waals surface area contributed by atoms with E-state index in [1.165, 1.54) is 0 Å². The molecule has 0 spiro atoms. The minimum absolute atomic E-state index is 0.101. The summed E-state index contributed by atoms with van der Waals surface area (Å²) in [4.78, 5) is 14.9. The van der Waals surface area contributed by atoms with Gasteiger partial charge in [0.2, 0.25) is 0 Å². The Labute approximate surface area is 164 Å². The molecule has 1 aliphatic rings. The molecule has 1 atom stereocenters. The van der Waals surface area contributed by atoms with Crippen LogP contribution in [0, 0.1) is 6.92 Å². The first kappa shape index (κ1) is 18.1. The molecule has 28 heavy (non-hydrogen) atoms. The summed E-state index contributed by atoms with van der Waals surface area (Å²) in [5.74, 6) is 0. The number of aromatic nitrogens is 4. The van der Waals surface area contributed by atoms with Crippen molar-refractivity contribution in [3.05, 3.63) is 54.6 Å². The van der Waals surface area contributed by atoms with Gasteiger partial charge in [-0.3, -0.25) is 4.68 Å². The van der Waals surface area contributed by atoms with Gasteiger partial charge in [-0.2, -0.15) is 10.2 Å². The van der Waals surface area contributed by atoms with Gasteiger partial charge < -0.3 is 15.5 Å². The minimum atomic E-state index is -0.182. The molecule has 2 aromatic heterocycles. The Bertz CT molecular complexity index is 947. The maximum absolute atomic E-state index is 12.6. The van der Waals surface area contributed by atoms with Gasteiger partial charge >= 0.3 is 6.03 Å². The van der Waals surface area contributed by atoms with Crippen LogP contribution in [-0.2, 0) is 7.05 Å². The largest absolute Gasteiger partial charge is 0.367 e. The normalized spacial score (nSPS) is 16.8. The molecule has 0 bridgehead atoms. The summed E-state index contributed by atoms with van der Waals surface area (Å²) < 4.78 is 3.57. The van der Waals surface area contributed by atoms with E-state index in [0.717, 1.165) is 48.6 Å². The Morgan fingerprint density at radius 1 is 1.25 bits per heavy atom. The zero-order valence-electron chi connectivity index (χ0n) is 16.2. The molecule has 1 saturated heterocycles. The summed E-state index contributed by atoms with van der Waals surface area (Å²) in [6, 6.07) is 7.69. The number of anilines is 2. The van der Waals surface area contributed by atoms with Crippen LogP contribution in [0.25, 0.3) is 5.69 Å². The summed E-state index contributed by atoms with van der Waals surface area (Å²) >= 11 is 0. The molecule has 1 aromatic carbocycles. The number of amides is 2. The second-order valence-corrected chi connectivity index (χ2v) is 7.21. The molecule has 1 unspecified atom stereocenters. The number of piperidine rings is 1. The first-order chi connectivity index (χ1) is 13.6. The zero-order valence-corrected chi connectivity index (χ0v) is 16.2. The molecule has 8 nitrogen and oxygen atoms in total. The molecule has 0 radical (unpaired) electrons. The Kier molecular flexibility index (Phi) is 5.01. The van der Waals surface area contributed by atoms with Crippen molar-refractivity contribution < 1.29 is 4.79 Å². The topological polar surface area (TPSA) is 80.0 Å². The average molecular weight is 379 g/mol. The van der Waals surface area contributed by atoms with Gasteiger partial charge in [-0.05, 0) is 43.5 Å². The fourth-order valence-corrected chi connectivity index (χ4v) is 3.55. The lowest BCUT2D eigenvalue weighted by Gasteiger charge is -2.33. The van der Waals surface area contributed by atoms with Crippen molar-refractivity contribution in [2.75, 3.05) is 23.3 Å². The minimum Gasteiger partial charge on any atom is -0.367 e. The smallest absolute Gasteiger partial charge is 0.319 e. The molecule has 146 valence electrons. The number of benzene rings is 1. The third kappa shape index (κ3) is 4.00. The van der Waals surface area contributed by atoms with E-state index in [9.17, 15) is 4.79 Å². The lowest BCUT2D eigenvalue weighted by atomic mass is 10.1. The fraction of sp³-hybridized carbons (Fsp3) is 0.350. The van der Waals surface area contributed by atoms with Crippen molar-refractivity contribution in [3.63, 3.8) is 0 Å². The van der Waals surface area contributed by atoms with E-state index in [-0.39, 0.29) is 12.1 Å². The average Bonchev–Trinajstić information content (AvgIpc) is 3.36. The highest BCUT2D eigenvalue weighted by Crippen LogP contribution is 2.21. The first-order valence-electron chi connectivity index (χ1n) is 9.50. The van der Waals surface area contributed by atoms with E-state index >= 15 is 0 Å². The number of carbonyl (C=O) groups is 1. The molecule has 4 rings (SSSR count). The van der Waals surface area contributed by atoms with Crippen LogP contribution >= 0.6 is 0 Å². The molecule has 0 aliphatic carbocycles. The van der Waals surface area contributed by atoms with Crippen LogP contribution in [0.3, 0.4) is 0 Å². The van der Waals surface area contributed by atoms with Gasteiger partial charge in [0.25, 0.3) is 0 Å². The maximum atomic E-state index is 12.6. The lowest BCUT2D eigenvalue weighted by Crippen LogP contribution is -2.49. The third-order valence-electron chi connectivity index (χ3n) is 5.05. The summed E-state index contributed by atoms with van der Waals surface area (Å²) in [6.07, 6.45) is 9.49. The van der Waals surface area contributed by atoms with E-state index in [1.54, 1.807) is 15.6 Å². The standard InChI is InChI=1S/C20H25N7O/c1-15-6-7-17(27-10-4-8-21-27)11-19(15)24-20(28)23-16-5-3-9-26(13-16)18-12-22-25(2)14-18/h4,6-8,10-12,14,16H,3,5,9,13H2,1-2H3,(H2,23,24,28). The molecular weight excluding hydrogens is 354 g/mol. The predicted octanol–water partition coefficient (Wildman–Crippen LogP) is 2.70. The summed E-state index contributed by atoms with van der Waals surface area (Å²) in [7, 11) is 1.91. The van der Waals surface area contributed by atoms with Crippen molar-refractivity contribution in [1.29, 1.82) is 0 Å². The van der Waals surface area contributed by atoms with Gasteiger partial charge in [-0.25, -0.2) is 9.48 Å². The van der Waals surface area contributed by atoms with Crippen molar-refractivity contribution in [1.82, 2.24) is 24.9 Å². The Morgan fingerprint density at radius 3 is 2.89 bits per heavy atom. The molecule has 0 saturated carbocycles. The number of urea groups is 1. The highest BCUT2D eigenvalue weighted by Gasteiger charge is 2.22. The number of rotatable bonds is 4. The van der Waals surface area contributed by atoms with Gasteiger partial charge in [0, 0.05) is 50.5 Å². The summed E-state index contributed by atoms with van der Waals surface area (Å²) in [5.41, 5.74) is 3.79. The number of hydrogen-bond donors (Lipinski definition) is 2. The van der Waals surface area contributed by atoms with Gasteiger partial charge in [0.15, 0.2) is 0 Å². The van der Waals surface area contributed by atoms with Crippen LogP contribution in [-0.4, -0.2) is 44.7 Å². The van der Waals surface area contributed by atoms with E-state index in [0.29, 0.717) is 0 Å². The van der Waals surface area contributed by atoms with Crippen molar-refractivity contribution in [3.8, 4) is 5.69 Å². The van der Waals surface area contributed by atoms with Crippen LogP contribution in [0.2, 0.25) is 0 Å². The summed E-state index contributed by atoms with van der Waals surface area (Å²) in [5, 5.41) is 14.6. The van der Waals surface area contributed by atoms with Crippen LogP contribution < -0.4 is 15.5 Å². The van der Waals surface area contributed by atoms with Gasteiger partial charge in [-0.1, -0.05) is 6.07 Å². The molecule has 2 N–H and O–H groups in total. The van der Waals surface area contributed by atoms with Gasteiger partial charge in [-0.15, -0.1) is 0 Å². The fourth-order valence-electron chi connectivity index (χ4n) is 3.55. The molecule has 3 heterocycles. The Balaban J connectivity index is 1.39. The van der Waals surface area contributed by atoms with E-state index in [2.05, 4.69) is 25.7 Å². The molecule has 8 heteroatoms. The molecule has 1 aliphatic heterocycles. The van der Waals surface area contributed by atoms with Crippen molar-refractivity contribution in [2.24, 2.45) is 7.05 Å². The van der Waals surface area contributed by atoms with Crippen molar-refractivity contribution in [2.45, 2.75) is 25.8 Å². The second-order valence-electron chi connectivity index (χ2n) is 7.21. The van der Waals surface area contributed by atoms with Crippen LogP contribution in [0.5, 0.6) is 0 Å². The predicted molar refractivity (Wildman–Crippen MR) is 109 cm³/mol. The highest BCUT2D eigenvalue weighted by atomic mass is 16.2. The summed E-state index contributed by atoms with van der Waals surface area (Å²) in [6.45, 7) is 3.75. The van der Waals surface area contributed by atoms with Gasteiger partial charge in [0.1, 0.15) is 0 Å². The molecule has 2 amide bonds. The Hall–Kier alpha value is -3.29. The Morgan fingerprint density at radius 2 is 2.14 bits per heavy atom. The first-order valence-corrected chi connectivity index (χ1v) is 9.50. The van der Waals surface area contributed by atoms with Crippen LogP contribution in [0.15, 0.2) is 49.1 Å². The third-order valence-corrected chi connectivity index (χ3v) is 5.05. The van der Waals surface area contributed by atoms with E-state index < -0.39 is 0 Å². The number of nitrogens with one attached hydrogen (secondary N) is 2. The second kappa shape index (κ2) is 7.75. The number of nitrogens with zero attached hydrogens (tertiary/aromatic N) is 5. The number of aryl methyl sites for hydroxylation is 2. The molecule has 3 aromatic rings. The highest BCUT2D eigenvalue weighted by molar-refractivity contribution is 5.90. The lowest BCUT2D eigenvalue weighted by molar-refractivity contribution is 0.246. The quantitative estimate of drug-likeness (QED) is 0.730.